The highest BCUT2D eigenvalue weighted by molar-refractivity contribution is 5.81. The summed E-state index contributed by atoms with van der Waals surface area (Å²) in [6, 6.07) is 4.36. The summed E-state index contributed by atoms with van der Waals surface area (Å²) in [7, 11) is 1.75. The van der Waals surface area contributed by atoms with E-state index in [-0.39, 0.29) is 19.1 Å². The number of carbonyl (C=O) groups is 1. The van der Waals surface area contributed by atoms with Gasteiger partial charge >= 0.3 is 0 Å². The predicted molar refractivity (Wildman–Crippen MR) is 71.4 cm³/mol. The second kappa shape index (κ2) is 6.02. The van der Waals surface area contributed by atoms with Gasteiger partial charge in [-0.25, -0.2) is 4.39 Å². The highest BCUT2D eigenvalue weighted by atomic mass is 19.1. The third-order valence-electron chi connectivity index (χ3n) is 3.40. The first-order valence-electron chi connectivity index (χ1n) is 6.49. The van der Waals surface area contributed by atoms with Crippen LogP contribution in [-0.2, 0) is 11.4 Å². The number of carbonyl (C=O) groups excluding carboxylic acids is 1. The van der Waals surface area contributed by atoms with Gasteiger partial charge in [0, 0.05) is 25.8 Å². The van der Waals surface area contributed by atoms with Gasteiger partial charge in [0.2, 0.25) is 5.91 Å². The fourth-order valence-electron chi connectivity index (χ4n) is 2.31. The van der Waals surface area contributed by atoms with Gasteiger partial charge in [-0.1, -0.05) is 0 Å². The van der Waals surface area contributed by atoms with Gasteiger partial charge in [0.1, 0.15) is 5.82 Å². The second-order valence-electron chi connectivity index (χ2n) is 4.92. The molecule has 0 unspecified atom stereocenters. The van der Waals surface area contributed by atoms with Crippen molar-refractivity contribution in [2.45, 2.75) is 19.4 Å². The first-order valence-corrected chi connectivity index (χ1v) is 6.49. The molecule has 0 aromatic heterocycles. The minimum atomic E-state index is -0.401. The fraction of sp³-hybridized carbons (Fsp3) is 0.500. The minimum Gasteiger partial charge on any atom is -0.392 e. The summed E-state index contributed by atoms with van der Waals surface area (Å²) in [5.74, 6) is -0.336. The van der Waals surface area contributed by atoms with Crippen molar-refractivity contribution in [3.63, 3.8) is 0 Å². The van der Waals surface area contributed by atoms with Crippen LogP contribution in [0.1, 0.15) is 18.4 Å². The van der Waals surface area contributed by atoms with E-state index in [2.05, 4.69) is 0 Å². The van der Waals surface area contributed by atoms with Crippen LogP contribution in [0.15, 0.2) is 18.2 Å². The number of likely N-dealkylation sites (tertiary alicyclic amines) is 1. The molecule has 1 aromatic carbocycles. The largest absolute Gasteiger partial charge is 0.392 e. The average Bonchev–Trinajstić information content (AvgIpc) is 2.91. The van der Waals surface area contributed by atoms with Gasteiger partial charge in [-0.15, -0.1) is 0 Å². The summed E-state index contributed by atoms with van der Waals surface area (Å²) in [5.41, 5.74) is 1.12. The Hall–Kier alpha value is -1.62. The number of hydrogen-bond donors (Lipinski definition) is 1. The molecule has 0 spiro atoms. The zero-order chi connectivity index (χ0) is 13.8. The number of rotatable bonds is 4. The van der Waals surface area contributed by atoms with Crippen LogP contribution in [0.5, 0.6) is 0 Å². The Morgan fingerprint density at radius 3 is 2.68 bits per heavy atom. The third-order valence-corrected chi connectivity index (χ3v) is 3.40. The lowest BCUT2D eigenvalue weighted by molar-refractivity contribution is -0.128. The quantitative estimate of drug-likeness (QED) is 0.895. The van der Waals surface area contributed by atoms with E-state index in [1.165, 1.54) is 12.1 Å². The van der Waals surface area contributed by atoms with E-state index in [9.17, 15) is 9.18 Å². The molecule has 4 nitrogen and oxygen atoms in total. The molecule has 1 aliphatic heterocycles. The maximum atomic E-state index is 13.4. The summed E-state index contributed by atoms with van der Waals surface area (Å²) >= 11 is 0. The fourth-order valence-corrected chi connectivity index (χ4v) is 2.31. The number of hydrogen-bond acceptors (Lipinski definition) is 3. The van der Waals surface area contributed by atoms with Gasteiger partial charge in [-0.3, -0.25) is 4.79 Å². The summed E-state index contributed by atoms with van der Waals surface area (Å²) in [5, 5.41) is 9.06. The van der Waals surface area contributed by atoms with E-state index >= 15 is 0 Å². The number of halogens is 1. The van der Waals surface area contributed by atoms with Crippen LogP contribution in [0.2, 0.25) is 0 Å². The number of aliphatic hydroxyl groups excluding tert-OH is 1. The lowest BCUT2D eigenvalue weighted by Gasteiger charge is -2.23. The zero-order valence-corrected chi connectivity index (χ0v) is 11.1. The van der Waals surface area contributed by atoms with Crippen LogP contribution in [0.3, 0.4) is 0 Å². The highest BCUT2D eigenvalue weighted by Crippen LogP contribution is 2.18. The molecule has 1 fully saturated rings. The molecule has 2 rings (SSSR count). The Balaban J connectivity index is 2.04. The summed E-state index contributed by atoms with van der Waals surface area (Å²) in [6.07, 6.45) is 2.12. The lowest BCUT2D eigenvalue weighted by atomic mass is 10.2. The first kappa shape index (κ1) is 13.8. The van der Waals surface area contributed by atoms with Crippen molar-refractivity contribution in [3.8, 4) is 0 Å². The molecule has 1 aliphatic rings. The van der Waals surface area contributed by atoms with E-state index < -0.39 is 5.82 Å². The Morgan fingerprint density at radius 1 is 1.37 bits per heavy atom. The van der Waals surface area contributed by atoms with E-state index in [4.69, 9.17) is 5.11 Å². The van der Waals surface area contributed by atoms with E-state index in [1.54, 1.807) is 18.0 Å². The lowest BCUT2D eigenvalue weighted by Crippen LogP contribution is -2.37. The Bertz CT molecular complexity index is 459. The number of amides is 1. The van der Waals surface area contributed by atoms with Crippen LogP contribution >= 0.6 is 0 Å². The van der Waals surface area contributed by atoms with Crippen molar-refractivity contribution >= 4 is 11.6 Å². The topological polar surface area (TPSA) is 43.8 Å². The SMILES string of the molecule is CN(CC(=O)N1CCCC1)c1cc(F)cc(CO)c1. The van der Waals surface area contributed by atoms with Crippen molar-refractivity contribution in [1.82, 2.24) is 4.90 Å². The van der Waals surface area contributed by atoms with Gasteiger partial charge in [0.15, 0.2) is 0 Å². The molecule has 0 bridgehead atoms. The van der Waals surface area contributed by atoms with Crippen molar-refractivity contribution in [1.29, 1.82) is 0 Å². The number of anilines is 1. The van der Waals surface area contributed by atoms with E-state index in [0.29, 0.717) is 11.3 Å². The average molecular weight is 266 g/mol. The van der Waals surface area contributed by atoms with Gasteiger partial charge in [0.05, 0.1) is 13.2 Å². The van der Waals surface area contributed by atoms with Crippen molar-refractivity contribution in [2.24, 2.45) is 0 Å². The van der Waals surface area contributed by atoms with Crippen LogP contribution in [0.4, 0.5) is 10.1 Å². The van der Waals surface area contributed by atoms with Crippen molar-refractivity contribution < 1.29 is 14.3 Å². The standard InChI is InChI=1S/C14H19FN2O2/c1-16(9-14(19)17-4-2-3-5-17)13-7-11(10-18)6-12(15)8-13/h6-8,18H,2-5,9-10H2,1H3. The zero-order valence-electron chi connectivity index (χ0n) is 11.1. The number of aliphatic hydroxyl groups is 1. The highest BCUT2D eigenvalue weighted by Gasteiger charge is 2.19. The van der Waals surface area contributed by atoms with Crippen LogP contribution in [0.25, 0.3) is 0 Å². The molecule has 1 amide bonds. The van der Waals surface area contributed by atoms with E-state index in [1.807, 2.05) is 4.90 Å². The minimum absolute atomic E-state index is 0.0646. The monoisotopic (exact) mass is 266 g/mol. The van der Waals surface area contributed by atoms with Crippen LogP contribution in [-0.4, -0.2) is 42.6 Å². The molecule has 0 aliphatic carbocycles. The molecule has 1 N–H and O–H groups in total. The van der Waals surface area contributed by atoms with E-state index in [0.717, 1.165) is 25.9 Å². The summed E-state index contributed by atoms with van der Waals surface area (Å²) in [4.78, 5) is 15.6. The molecule has 5 heteroatoms. The predicted octanol–water partition coefficient (Wildman–Crippen LogP) is 1.38. The molecule has 19 heavy (non-hydrogen) atoms. The van der Waals surface area contributed by atoms with Crippen LogP contribution in [0, 0.1) is 5.82 Å². The Labute approximate surface area is 112 Å². The number of benzene rings is 1. The van der Waals surface area contributed by atoms with Crippen molar-refractivity contribution in [2.75, 3.05) is 31.6 Å². The Morgan fingerprint density at radius 2 is 2.05 bits per heavy atom. The smallest absolute Gasteiger partial charge is 0.242 e. The van der Waals surface area contributed by atoms with Gasteiger partial charge in [0.25, 0.3) is 0 Å². The molecule has 0 radical (unpaired) electrons. The molecule has 104 valence electrons. The summed E-state index contributed by atoms with van der Waals surface area (Å²) in [6.45, 7) is 1.66. The molecule has 1 heterocycles. The molecule has 0 saturated carbocycles. The first-order chi connectivity index (χ1) is 9.10. The molecule has 1 saturated heterocycles. The molecular formula is C14H19FN2O2. The van der Waals surface area contributed by atoms with Crippen molar-refractivity contribution in [3.05, 3.63) is 29.6 Å². The third kappa shape index (κ3) is 3.44. The molecular weight excluding hydrogens is 247 g/mol. The number of nitrogens with zero attached hydrogens (tertiary/aromatic N) is 2. The summed E-state index contributed by atoms with van der Waals surface area (Å²) < 4.78 is 13.4. The maximum Gasteiger partial charge on any atom is 0.242 e. The normalized spacial score (nSPS) is 14.8. The second-order valence-corrected chi connectivity index (χ2v) is 4.92. The van der Waals surface area contributed by atoms with Crippen LogP contribution < -0.4 is 4.90 Å². The molecule has 0 atom stereocenters. The number of likely N-dealkylation sites (N-methyl/N-ethyl adjacent to an activating group) is 1. The van der Waals surface area contributed by atoms with Gasteiger partial charge < -0.3 is 14.9 Å². The van der Waals surface area contributed by atoms with Gasteiger partial charge in [-0.05, 0) is 36.6 Å². The molecule has 1 aromatic rings. The van der Waals surface area contributed by atoms with Gasteiger partial charge in [-0.2, -0.15) is 0 Å². The maximum absolute atomic E-state index is 13.4. The Kier molecular flexibility index (Phi) is 4.37.